The van der Waals surface area contributed by atoms with Crippen LogP contribution in [0.2, 0.25) is 0 Å². The monoisotopic (exact) mass is 294 g/mol. The van der Waals surface area contributed by atoms with Crippen LogP contribution in [-0.4, -0.2) is 13.4 Å². The van der Waals surface area contributed by atoms with Crippen LogP contribution in [0.1, 0.15) is 22.6 Å². The quantitative estimate of drug-likeness (QED) is 0.924. The van der Waals surface area contributed by atoms with Gasteiger partial charge in [-0.15, -0.1) is 0 Å². The number of rotatable bonds is 4. The molecule has 7 heteroatoms. The van der Waals surface area contributed by atoms with Gasteiger partial charge in [-0.1, -0.05) is 6.07 Å². The van der Waals surface area contributed by atoms with Gasteiger partial charge in [-0.05, 0) is 30.2 Å². The first-order valence-corrected chi connectivity index (χ1v) is 7.63. The molecule has 3 rings (SSSR count). The van der Waals surface area contributed by atoms with Crippen molar-refractivity contribution in [3.8, 4) is 0 Å². The van der Waals surface area contributed by atoms with E-state index in [0.29, 0.717) is 24.7 Å². The minimum Gasteiger partial charge on any atom is -0.447 e. The molecular formula is C13H14N2O4S. The zero-order valence-corrected chi connectivity index (χ0v) is 11.7. The molecule has 1 aromatic carbocycles. The number of aromatic nitrogens is 1. The topological polar surface area (TPSA) is 81.4 Å². The van der Waals surface area contributed by atoms with Crippen molar-refractivity contribution in [2.24, 2.45) is 0 Å². The van der Waals surface area contributed by atoms with Gasteiger partial charge in [-0.25, -0.2) is 18.1 Å². The van der Waals surface area contributed by atoms with Crippen molar-refractivity contribution >= 4 is 10.0 Å². The lowest BCUT2D eigenvalue weighted by Gasteiger charge is -2.07. The van der Waals surface area contributed by atoms with E-state index in [2.05, 4.69) is 9.71 Å². The van der Waals surface area contributed by atoms with Gasteiger partial charge in [0.05, 0.1) is 30.3 Å². The maximum atomic E-state index is 12.2. The molecule has 1 aliphatic heterocycles. The Morgan fingerprint density at radius 1 is 1.30 bits per heavy atom. The zero-order valence-electron chi connectivity index (χ0n) is 10.9. The van der Waals surface area contributed by atoms with Gasteiger partial charge in [0.15, 0.2) is 6.39 Å². The highest BCUT2D eigenvalue weighted by Gasteiger charge is 2.19. The second-order valence-corrected chi connectivity index (χ2v) is 6.38. The van der Waals surface area contributed by atoms with E-state index in [0.717, 1.165) is 11.1 Å². The average Bonchev–Trinajstić information content (AvgIpc) is 3.04. The van der Waals surface area contributed by atoms with E-state index in [1.807, 2.05) is 0 Å². The predicted molar refractivity (Wildman–Crippen MR) is 70.2 cm³/mol. The molecule has 0 bridgehead atoms. The van der Waals surface area contributed by atoms with Crippen molar-refractivity contribution in [3.05, 3.63) is 47.2 Å². The van der Waals surface area contributed by atoms with Gasteiger partial charge in [-0.3, -0.25) is 0 Å². The lowest BCUT2D eigenvalue weighted by atomic mass is 10.1. The highest BCUT2D eigenvalue weighted by molar-refractivity contribution is 7.89. The van der Waals surface area contributed by atoms with Crippen LogP contribution in [0.4, 0.5) is 0 Å². The summed E-state index contributed by atoms with van der Waals surface area (Å²) in [5.74, 6) is 0.512. The van der Waals surface area contributed by atoms with Gasteiger partial charge in [0.1, 0.15) is 5.76 Å². The molecule has 0 spiro atoms. The fraction of sp³-hybridized carbons (Fsp3) is 0.308. The first-order chi connectivity index (χ1) is 9.56. The van der Waals surface area contributed by atoms with Gasteiger partial charge >= 0.3 is 0 Å². The maximum Gasteiger partial charge on any atom is 0.240 e. The summed E-state index contributed by atoms with van der Waals surface area (Å²) >= 11 is 0. The number of hydrogen-bond donors (Lipinski definition) is 1. The van der Waals surface area contributed by atoms with Crippen LogP contribution in [0.15, 0.2) is 33.9 Å². The van der Waals surface area contributed by atoms with Crippen LogP contribution in [0.25, 0.3) is 0 Å². The SMILES string of the molecule is Cc1ncoc1CNS(=O)(=O)c1ccc2c(c1)COC2. The number of sulfonamides is 1. The maximum absolute atomic E-state index is 12.2. The molecule has 2 aromatic rings. The number of nitrogens with zero attached hydrogens (tertiary/aromatic N) is 1. The number of benzene rings is 1. The van der Waals surface area contributed by atoms with Crippen molar-refractivity contribution in [2.75, 3.05) is 0 Å². The summed E-state index contributed by atoms with van der Waals surface area (Å²) in [7, 11) is -3.57. The highest BCUT2D eigenvalue weighted by atomic mass is 32.2. The highest BCUT2D eigenvalue weighted by Crippen LogP contribution is 2.23. The Kier molecular flexibility index (Phi) is 3.33. The van der Waals surface area contributed by atoms with Gasteiger partial charge < -0.3 is 9.15 Å². The molecule has 1 aromatic heterocycles. The van der Waals surface area contributed by atoms with E-state index in [9.17, 15) is 8.42 Å². The molecule has 0 radical (unpaired) electrons. The zero-order chi connectivity index (χ0) is 14.2. The molecule has 0 unspecified atom stereocenters. The Hall–Kier alpha value is -1.70. The molecule has 1 N–H and O–H groups in total. The summed E-state index contributed by atoms with van der Waals surface area (Å²) < 4.78 is 37.3. The second-order valence-electron chi connectivity index (χ2n) is 4.61. The lowest BCUT2D eigenvalue weighted by molar-refractivity contribution is 0.134. The van der Waals surface area contributed by atoms with Crippen LogP contribution in [0.5, 0.6) is 0 Å². The summed E-state index contributed by atoms with van der Waals surface area (Å²) in [4.78, 5) is 4.15. The number of aryl methyl sites for hydroxylation is 1. The van der Waals surface area contributed by atoms with Crippen LogP contribution < -0.4 is 4.72 Å². The Balaban J connectivity index is 1.80. The van der Waals surface area contributed by atoms with E-state index < -0.39 is 10.0 Å². The normalized spacial score (nSPS) is 14.4. The molecule has 2 heterocycles. The number of fused-ring (bicyclic) bond motifs is 1. The Labute approximate surface area is 116 Å². The third-order valence-electron chi connectivity index (χ3n) is 3.27. The summed E-state index contributed by atoms with van der Waals surface area (Å²) in [6, 6.07) is 5.03. The Morgan fingerprint density at radius 2 is 2.10 bits per heavy atom. The Bertz CT molecular complexity index is 737. The molecule has 1 aliphatic rings. The van der Waals surface area contributed by atoms with Gasteiger partial charge in [-0.2, -0.15) is 0 Å². The molecule has 106 valence electrons. The van der Waals surface area contributed by atoms with E-state index in [4.69, 9.17) is 9.15 Å². The van der Waals surface area contributed by atoms with Crippen LogP contribution >= 0.6 is 0 Å². The second kappa shape index (κ2) is 5.01. The Morgan fingerprint density at radius 3 is 2.85 bits per heavy atom. The number of nitrogens with one attached hydrogen (secondary N) is 1. The standard InChI is InChI=1S/C13H14N2O4S/c1-9-13(19-8-14-9)5-15-20(16,17)12-3-2-10-6-18-7-11(10)4-12/h2-4,8,15H,5-7H2,1H3. The molecule has 0 saturated heterocycles. The minimum atomic E-state index is -3.57. The van der Waals surface area contributed by atoms with Crippen molar-refractivity contribution < 1.29 is 17.6 Å². The average molecular weight is 294 g/mol. The van der Waals surface area contributed by atoms with Crippen LogP contribution in [0.3, 0.4) is 0 Å². The largest absolute Gasteiger partial charge is 0.447 e. The molecule has 0 atom stereocenters. The van der Waals surface area contributed by atoms with Gasteiger partial charge in [0.25, 0.3) is 0 Å². The lowest BCUT2D eigenvalue weighted by Crippen LogP contribution is -2.23. The van der Waals surface area contributed by atoms with Gasteiger partial charge in [0, 0.05) is 0 Å². The predicted octanol–water partition coefficient (Wildman–Crippen LogP) is 1.49. The molecule has 0 aliphatic carbocycles. The fourth-order valence-electron chi connectivity index (χ4n) is 2.06. The molecule has 0 saturated carbocycles. The van der Waals surface area contributed by atoms with Crippen LogP contribution in [-0.2, 0) is 34.5 Å². The van der Waals surface area contributed by atoms with E-state index in [-0.39, 0.29) is 11.4 Å². The number of oxazole rings is 1. The van der Waals surface area contributed by atoms with Crippen molar-refractivity contribution in [1.82, 2.24) is 9.71 Å². The summed E-state index contributed by atoms with van der Waals surface area (Å²) in [5.41, 5.74) is 2.63. The van der Waals surface area contributed by atoms with Crippen molar-refractivity contribution in [3.63, 3.8) is 0 Å². The first kappa shape index (κ1) is 13.3. The smallest absolute Gasteiger partial charge is 0.240 e. The first-order valence-electron chi connectivity index (χ1n) is 6.14. The minimum absolute atomic E-state index is 0.0851. The molecule has 6 nitrogen and oxygen atoms in total. The van der Waals surface area contributed by atoms with Gasteiger partial charge in [0.2, 0.25) is 10.0 Å². The third kappa shape index (κ3) is 2.47. The van der Waals surface area contributed by atoms with E-state index >= 15 is 0 Å². The molecule has 20 heavy (non-hydrogen) atoms. The summed E-state index contributed by atoms with van der Waals surface area (Å²) in [5, 5.41) is 0. The van der Waals surface area contributed by atoms with Crippen molar-refractivity contribution in [2.45, 2.75) is 31.6 Å². The molecular weight excluding hydrogens is 280 g/mol. The van der Waals surface area contributed by atoms with Crippen LogP contribution in [0, 0.1) is 6.92 Å². The third-order valence-corrected chi connectivity index (χ3v) is 4.67. The fourth-order valence-corrected chi connectivity index (χ4v) is 3.09. The van der Waals surface area contributed by atoms with Crippen molar-refractivity contribution in [1.29, 1.82) is 0 Å². The molecule has 0 amide bonds. The number of ether oxygens (including phenoxy) is 1. The van der Waals surface area contributed by atoms with E-state index in [1.165, 1.54) is 6.39 Å². The summed E-state index contributed by atoms with van der Waals surface area (Å²) in [6.07, 6.45) is 1.30. The summed E-state index contributed by atoms with van der Waals surface area (Å²) in [6.45, 7) is 2.85. The van der Waals surface area contributed by atoms with E-state index in [1.54, 1.807) is 25.1 Å². The number of hydrogen-bond acceptors (Lipinski definition) is 5. The molecule has 0 fully saturated rings.